The summed E-state index contributed by atoms with van der Waals surface area (Å²) in [6.07, 6.45) is 4.57. The van der Waals surface area contributed by atoms with Crippen molar-refractivity contribution in [3.63, 3.8) is 0 Å². The minimum absolute atomic E-state index is 0.0580. The van der Waals surface area contributed by atoms with Gasteiger partial charge in [-0.15, -0.1) is 12.6 Å². The zero-order chi connectivity index (χ0) is 13.1. The molecule has 0 saturated heterocycles. The number of ether oxygens (including phenoxy) is 1. The molecule has 18 heavy (non-hydrogen) atoms. The summed E-state index contributed by atoms with van der Waals surface area (Å²) in [5.74, 6) is 0.202. The van der Waals surface area contributed by atoms with Gasteiger partial charge < -0.3 is 4.74 Å². The third kappa shape index (κ3) is 3.29. The molecule has 2 unspecified atom stereocenters. The molecule has 1 aliphatic rings. The number of esters is 1. The lowest BCUT2D eigenvalue weighted by molar-refractivity contribution is 0.00446. The number of carbonyl (C=O) groups excluding carboxylic acids is 1. The van der Waals surface area contributed by atoms with E-state index in [2.05, 4.69) is 35.5 Å². The molecule has 1 aliphatic carbocycles. The standard InChI is InChI=1S/C14H17BrO2S/c1-9-4-2-3-5-12(9)17-14(16)11-7-6-10(15)8-13(11)18/h6-9,12,18H,2-5H2,1H3. The molecule has 0 aliphatic heterocycles. The molecule has 0 radical (unpaired) electrons. The first-order valence-corrected chi connectivity index (χ1v) is 7.51. The van der Waals surface area contributed by atoms with Crippen LogP contribution in [0.25, 0.3) is 0 Å². The van der Waals surface area contributed by atoms with Gasteiger partial charge in [0.15, 0.2) is 0 Å². The maximum atomic E-state index is 12.1. The van der Waals surface area contributed by atoms with Crippen LogP contribution in [-0.2, 0) is 4.74 Å². The molecule has 1 fully saturated rings. The Morgan fingerprint density at radius 1 is 1.39 bits per heavy atom. The lowest BCUT2D eigenvalue weighted by atomic mass is 9.88. The minimum atomic E-state index is -0.258. The molecule has 2 nitrogen and oxygen atoms in total. The number of halogens is 1. The summed E-state index contributed by atoms with van der Waals surface area (Å²) in [5, 5.41) is 0. The summed E-state index contributed by atoms with van der Waals surface area (Å²) >= 11 is 7.67. The summed E-state index contributed by atoms with van der Waals surface area (Å²) < 4.78 is 6.52. The fourth-order valence-corrected chi connectivity index (χ4v) is 3.18. The molecular formula is C14H17BrO2S. The molecule has 0 spiro atoms. The lowest BCUT2D eigenvalue weighted by Gasteiger charge is -2.28. The fraction of sp³-hybridized carbons (Fsp3) is 0.500. The maximum absolute atomic E-state index is 12.1. The zero-order valence-corrected chi connectivity index (χ0v) is 12.8. The zero-order valence-electron chi connectivity index (χ0n) is 10.4. The van der Waals surface area contributed by atoms with Crippen LogP contribution in [0.5, 0.6) is 0 Å². The molecule has 1 aromatic carbocycles. The first kappa shape index (κ1) is 13.9. The predicted molar refractivity (Wildman–Crippen MR) is 78.2 cm³/mol. The van der Waals surface area contributed by atoms with Gasteiger partial charge in [0, 0.05) is 9.37 Å². The minimum Gasteiger partial charge on any atom is -0.458 e. The Bertz CT molecular complexity index is 447. The Morgan fingerprint density at radius 2 is 2.11 bits per heavy atom. The van der Waals surface area contributed by atoms with E-state index in [1.54, 1.807) is 6.07 Å². The molecular weight excluding hydrogens is 312 g/mol. The van der Waals surface area contributed by atoms with E-state index >= 15 is 0 Å². The molecule has 2 atom stereocenters. The van der Waals surface area contributed by atoms with Gasteiger partial charge in [-0.1, -0.05) is 29.3 Å². The summed E-state index contributed by atoms with van der Waals surface area (Å²) in [5.41, 5.74) is 0.541. The van der Waals surface area contributed by atoms with Gasteiger partial charge in [-0.3, -0.25) is 0 Å². The van der Waals surface area contributed by atoms with Crippen molar-refractivity contribution in [2.75, 3.05) is 0 Å². The van der Waals surface area contributed by atoms with Crippen LogP contribution in [0.3, 0.4) is 0 Å². The van der Waals surface area contributed by atoms with Crippen LogP contribution >= 0.6 is 28.6 Å². The lowest BCUT2D eigenvalue weighted by Crippen LogP contribution is -2.28. The van der Waals surface area contributed by atoms with Crippen molar-refractivity contribution in [3.05, 3.63) is 28.2 Å². The first-order chi connectivity index (χ1) is 8.58. The molecule has 0 N–H and O–H groups in total. The predicted octanol–water partition coefficient (Wildman–Crippen LogP) is 4.47. The van der Waals surface area contributed by atoms with Crippen LogP contribution in [0.4, 0.5) is 0 Å². The van der Waals surface area contributed by atoms with Crippen molar-refractivity contribution in [1.29, 1.82) is 0 Å². The Kier molecular flexibility index (Phi) is 4.73. The van der Waals surface area contributed by atoms with Gasteiger partial charge >= 0.3 is 5.97 Å². The highest BCUT2D eigenvalue weighted by Gasteiger charge is 2.25. The summed E-state index contributed by atoms with van der Waals surface area (Å²) in [6.45, 7) is 2.15. The Balaban J connectivity index is 2.07. The smallest absolute Gasteiger partial charge is 0.339 e. The van der Waals surface area contributed by atoms with E-state index < -0.39 is 0 Å². The van der Waals surface area contributed by atoms with Gasteiger partial charge in [-0.05, 0) is 43.4 Å². The van der Waals surface area contributed by atoms with Crippen molar-refractivity contribution in [1.82, 2.24) is 0 Å². The van der Waals surface area contributed by atoms with Crippen molar-refractivity contribution in [3.8, 4) is 0 Å². The number of hydrogen-bond donors (Lipinski definition) is 1. The molecule has 0 aromatic heterocycles. The largest absolute Gasteiger partial charge is 0.458 e. The highest BCUT2D eigenvalue weighted by Crippen LogP contribution is 2.28. The van der Waals surface area contributed by atoms with Crippen LogP contribution in [0.1, 0.15) is 43.0 Å². The summed E-state index contributed by atoms with van der Waals surface area (Å²) in [4.78, 5) is 12.8. The third-order valence-electron chi connectivity index (χ3n) is 3.47. The molecule has 1 aromatic rings. The average molecular weight is 329 g/mol. The Labute approximate surface area is 122 Å². The van der Waals surface area contributed by atoms with Crippen molar-refractivity contribution < 1.29 is 9.53 Å². The Hall–Kier alpha value is -0.480. The van der Waals surface area contributed by atoms with E-state index in [9.17, 15) is 4.79 Å². The van der Waals surface area contributed by atoms with Crippen molar-refractivity contribution in [2.24, 2.45) is 5.92 Å². The number of carbonyl (C=O) groups is 1. The van der Waals surface area contributed by atoms with E-state index in [1.807, 2.05) is 12.1 Å². The van der Waals surface area contributed by atoms with Gasteiger partial charge in [0.25, 0.3) is 0 Å². The Morgan fingerprint density at radius 3 is 2.78 bits per heavy atom. The third-order valence-corrected chi connectivity index (χ3v) is 4.33. The highest BCUT2D eigenvalue weighted by atomic mass is 79.9. The molecule has 98 valence electrons. The van der Waals surface area contributed by atoms with E-state index in [0.29, 0.717) is 16.4 Å². The average Bonchev–Trinajstić information content (AvgIpc) is 2.32. The summed E-state index contributed by atoms with van der Waals surface area (Å²) in [6, 6.07) is 5.40. The molecule has 1 saturated carbocycles. The monoisotopic (exact) mass is 328 g/mol. The molecule has 0 amide bonds. The second-order valence-electron chi connectivity index (χ2n) is 4.87. The molecule has 0 heterocycles. The topological polar surface area (TPSA) is 26.3 Å². The second kappa shape index (κ2) is 6.11. The normalized spacial score (nSPS) is 23.7. The van der Waals surface area contributed by atoms with Crippen molar-refractivity contribution >= 4 is 34.5 Å². The first-order valence-electron chi connectivity index (χ1n) is 6.27. The number of rotatable bonds is 2. The fourth-order valence-electron chi connectivity index (χ4n) is 2.34. The number of benzene rings is 1. The quantitative estimate of drug-likeness (QED) is 0.640. The SMILES string of the molecule is CC1CCCCC1OC(=O)c1ccc(Br)cc1S. The van der Waals surface area contributed by atoms with Gasteiger partial charge in [0.2, 0.25) is 0 Å². The van der Waals surface area contributed by atoms with Crippen LogP contribution in [0.2, 0.25) is 0 Å². The molecule has 0 bridgehead atoms. The van der Waals surface area contributed by atoms with E-state index in [-0.39, 0.29) is 12.1 Å². The van der Waals surface area contributed by atoms with Crippen molar-refractivity contribution in [2.45, 2.75) is 43.6 Å². The van der Waals surface area contributed by atoms with Crippen LogP contribution in [0.15, 0.2) is 27.6 Å². The van der Waals surface area contributed by atoms with Gasteiger partial charge in [0.1, 0.15) is 6.10 Å². The molecule has 4 heteroatoms. The number of thiol groups is 1. The highest BCUT2D eigenvalue weighted by molar-refractivity contribution is 9.10. The van der Waals surface area contributed by atoms with Crippen LogP contribution < -0.4 is 0 Å². The number of hydrogen-bond acceptors (Lipinski definition) is 3. The van der Waals surface area contributed by atoms with Gasteiger partial charge in [-0.2, -0.15) is 0 Å². The second-order valence-corrected chi connectivity index (χ2v) is 6.26. The van der Waals surface area contributed by atoms with E-state index in [1.165, 1.54) is 6.42 Å². The van der Waals surface area contributed by atoms with E-state index in [4.69, 9.17) is 4.74 Å². The van der Waals surface area contributed by atoms with Gasteiger partial charge in [0.05, 0.1) is 5.56 Å². The van der Waals surface area contributed by atoms with Crippen LogP contribution in [-0.4, -0.2) is 12.1 Å². The molecule has 2 rings (SSSR count). The summed E-state index contributed by atoms with van der Waals surface area (Å²) in [7, 11) is 0. The van der Waals surface area contributed by atoms with E-state index in [0.717, 1.165) is 23.7 Å². The van der Waals surface area contributed by atoms with Gasteiger partial charge in [-0.25, -0.2) is 4.79 Å². The van der Waals surface area contributed by atoms with Crippen LogP contribution in [0, 0.1) is 5.92 Å². The maximum Gasteiger partial charge on any atom is 0.339 e.